The van der Waals surface area contributed by atoms with E-state index in [4.69, 9.17) is 0 Å². The van der Waals surface area contributed by atoms with Gasteiger partial charge in [-0.05, 0) is 43.7 Å². The molecule has 26 heavy (non-hydrogen) atoms. The van der Waals surface area contributed by atoms with Crippen molar-refractivity contribution in [3.05, 3.63) is 38.9 Å². The van der Waals surface area contributed by atoms with Gasteiger partial charge in [0.25, 0.3) is 0 Å². The minimum atomic E-state index is -0.106. The Hall–Kier alpha value is -1.99. The molecule has 2 amide bonds. The number of aryl methyl sites for hydroxylation is 1. The average Bonchev–Trinajstić information content (AvgIpc) is 3.28. The van der Waals surface area contributed by atoms with E-state index < -0.39 is 0 Å². The summed E-state index contributed by atoms with van der Waals surface area (Å²) in [5.41, 5.74) is 1.83. The third-order valence-electron chi connectivity index (χ3n) is 4.77. The van der Waals surface area contributed by atoms with Crippen molar-refractivity contribution < 1.29 is 9.59 Å². The lowest BCUT2D eigenvalue weighted by Gasteiger charge is -2.29. The molecule has 7 heteroatoms. The van der Waals surface area contributed by atoms with Gasteiger partial charge in [-0.1, -0.05) is 6.07 Å². The summed E-state index contributed by atoms with van der Waals surface area (Å²) in [5, 5.41) is 2.86. The highest BCUT2D eigenvalue weighted by Crippen LogP contribution is 2.36. The van der Waals surface area contributed by atoms with Crippen LogP contribution in [0.15, 0.2) is 28.6 Å². The highest BCUT2D eigenvalue weighted by Gasteiger charge is 2.30. The van der Waals surface area contributed by atoms with Crippen LogP contribution in [0, 0.1) is 6.92 Å². The first-order valence-corrected chi connectivity index (χ1v) is 10.6. The molecule has 4 rings (SSSR count). The predicted octanol–water partition coefficient (Wildman–Crippen LogP) is 3.31. The third kappa shape index (κ3) is 3.33. The summed E-state index contributed by atoms with van der Waals surface area (Å²) in [6, 6.07) is 6.10. The quantitative estimate of drug-likeness (QED) is 0.811. The van der Waals surface area contributed by atoms with Crippen molar-refractivity contribution >= 4 is 45.2 Å². The molecule has 0 radical (unpaired) electrons. The summed E-state index contributed by atoms with van der Waals surface area (Å²) in [6.07, 6.45) is 3.28. The van der Waals surface area contributed by atoms with Gasteiger partial charge in [-0.15, -0.1) is 22.7 Å². The second-order valence-corrected chi connectivity index (χ2v) is 8.82. The number of hydrogen-bond donors (Lipinski definition) is 0. The summed E-state index contributed by atoms with van der Waals surface area (Å²) < 4.78 is 0. The molecule has 5 nitrogen and oxygen atoms in total. The van der Waals surface area contributed by atoms with Gasteiger partial charge in [0.1, 0.15) is 18.1 Å². The van der Waals surface area contributed by atoms with Gasteiger partial charge in [0.2, 0.25) is 11.8 Å². The number of amides is 2. The Morgan fingerprint density at radius 2 is 2.08 bits per heavy atom. The molecule has 136 valence electrons. The van der Waals surface area contributed by atoms with Crippen molar-refractivity contribution in [2.45, 2.75) is 26.2 Å². The average molecular weight is 388 g/mol. The Labute approximate surface area is 161 Å². The number of piperidine rings is 1. The minimum absolute atomic E-state index is 0.0367. The number of carbonyl (C=O) groups is 2. The molecular weight excluding hydrogens is 366 g/mol. The summed E-state index contributed by atoms with van der Waals surface area (Å²) in [7, 11) is 0. The Morgan fingerprint density at radius 1 is 1.27 bits per heavy atom. The van der Waals surface area contributed by atoms with Gasteiger partial charge in [-0.3, -0.25) is 19.5 Å². The number of thiophene rings is 2. The van der Waals surface area contributed by atoms with E-state index in [0.29, 0.717) is 0 Å². The lowest BCUT2D eigenvalue weighted by Crippen LogP contribution is -2.45. The number of anilines is 1. The van der Waals surface area contributed by atoms with E-state index in [-0.39, 0.29) is 24.9 Å². The molecular formula is C19H21N3O2S2. The van der Waals surface area contributed by atoms with Crippen LogP contribution in [0.3, 0.4) is 0 Å². The molecule has 2 aromatic rings. The van der Waals surface area contributed by atoms with Crippen molar-refractivity contribution in [1.82, 2.24) is 4.90 Å². The lowest BCUT2D eigenvalue weighted by molar-refractivity contribution is -0.132. The van der Waals surface area contributed by atoms with Crippen LogP contribution in [-0.2, 0) is 9.59 Å². The number of likely N-dealkylation sites (tertiary alicyclic amines) is 1. The Morgan fingerprint density at radius 3 is 2.81 bits per heavy atom. The van der Waals surface area contributed by atoms with E-state index in [1.807, 2.05) is 29.3 Å². The number of aliphatic imine (C=N–C) groups is 1. The van der Waals surface area contributed by atoms with Crippen LogP contribution >= 0.6 is 22.7 Å². The molecule has 0 aromatic carbocycles. The fraction of sp³-hybridized carbons (Fsp3) is 0.421. The topological polar surface area (TPSA) is 53.0 Å². The Balaban J connectivity index is 1.66. The van der Waals surface area contributed by atoms with Crippen LogP contribution in [0.5, 0.6) is 0 Å². The van der Waals surface area contributed by atoms with Crippen LogP contribution in [0.25, 0.3) is 0 Å². The lowest BCUT2D eigenvalue weighted by atomic mass is 10.1. The van der Waals surface area contributed by atoms with E-state index in [9.17, 15) is 9.59 Å². The van der Waals surface area contributed by atoms with Gasteiger partial charge >= 0.3 is 0 Å². The molecule has 0 bridgehead atoms. The minimum Gasteiger partial charge on any atom is -0.341 e. The van der Waals surface area contributed by atoms with Gasteiger partial charge in [0.15, 0.2) is 0 Å². The number of hydrogen-bond acceptors (Lipinski definition) is 5. The first-order chi connectivity index (χ1) is 12.6. The van der Waals surface area contributed by atoms with Crippen molar-refractivity contribution in [3.8, 4) is 0 Å². The normalized spacial score (nSPS) is 17.7. The van der Waals surface area contributed by atoms with E-state index in [0.717, 1.165) is 52.0 Å². The number of rotatable bonds is 3. The fourth-order valence-electron chi connectivity index (χ4n) is 3.47. The molecule has 0 aliphatic carbocycles. The summed E-state index contributed by atoms with van der Waals surface area (Å²) in [4.78, 5) is 35.8. The summed E-state index contributed by atoms with van der Waals surface area (Å²) >= 11 is 3.18. The van der Waals surface area contributed by atoms with E-state index >= 15 is 0 Å². The predicted molar refractivity (Wildman–Crippen MR) is 107 cm³/mol. The maximum absolute atomic E-state index is 12.8. The zero-order valence-corrected chi connectivity index (χ0v) is 16.4. The van der Waals surface area contributed by atoms with Gasteiger partial charge < -0.3 is 4.90 Å². The summed E-state index contributed by atoms with van der Waals surface area (Å²) in [5.74, 6) is -0.0698. The van der Waals surface area contributed by atoms with E-state index in [1.54, 1.807) is 27.6 Å². The van der Waals surface area contributed by atoms with Crippen LogP contribution in [0.1, 0.15) is 34.6 Å². The zero-order chi connectivity index (χ0) is 18.1. The van der Waals surface area contributed by atoms with Crippen molar-refractivity contribution in [2.24, 2.45) is 4.99 Å². The maximum Gasteiger partial charge on any atom is 0.249 e. The van der Waals surface area contributed by atoms with Gasteiger partial charge in [0.05, 0.1) is 10.6 Å². The largest absolute Gasteiger partial charge is 0.341 e. The number of nitrogens with zero attached hydrogens (tertiary/aromatic N) is 3. The van der Waals surface area contributed by atoms with Crippen molar-refractivity contribution in [3.63, 3.8) is 0 Å². The van der Waals surface area contributed by atoms with Crippen molar-refractivity contribution in [2.75, 3.05) is 31.1 Å². The molecule has 2 aliphatic rings. The fourth-order valence-corrected chi connectivity index (χ4v) is 5.24. The molecule has 0 spiro atoms. The highest BCUT2D eigenvalue weighted by atomic mass is 32.1. The summed E-state index contributed by atoms with van der Waals surface area (Å²) in [6.45, 7) is 3.82. The second kappa shape index (κ2) is 7.32. The molecule has 0 atom stereocenters. The molecule has 4 heterocycles. The molecule has 2 aliphatic heterocycles. The Bertz CT molecular complexity index is 848. The Kier molecular flexibility index (Phi) is 4.91. The first-order valence-electron chi connectivity index (χ1n) is 8.91. The maximum atomic E-state index is 12.8. The number of fused-ring (bicyclic) bond motifs is 1. The highest BCUT2D eigenvalue weighted by molar-refractivity contribution is 7.17. The second-order valence-electron chi connectivity index (χ2n) is 6.64. The van der Waals surface area contributed by atoms with Crippen LogP contribution in [-0.4, -0.2) is 48.6 Å². The van der Waals surface area contributed by atoms with Crippen LogP contribution < -0.4 is 4.90 Å². The molecule has 0 saturated carbocycles. The molecule has 1 fully saturated rings. The monoisotopic (exact) mass is 387 g/mol. The standard InChI is InChI=1S/C19H21N3O2S2/c1-13-10-14-18(15-6-5-9-25-15)20-11-16(23)22(19(14)26-13)12-17(24)21-7-3-2-4-8-21/h5-6,9-10H,2-4,7-8,11-12H2,1H3. The van der Waals surface area contributed by atoms with E-state index in [1.165, 1.54) is 6.42 Å². The molecule has 0 unspecified atom stereocenters. The zero-order valence-electron chi connectivity index (χ0n) is 14.7. The van der Waals surface area contributed by atoms with Gasteiger partial charge in [-0.2, -0.15) is 0 Å². The first kappa shape index (κ1) is 17.4. The SMILES string of the molecule is Cc1cc2c(s1)N(CC(=O)N1CCCCC1)C(=O)CN=C2c1cccs1. The van der Waals surface area contributed by atoms with Gasteiger partial charge in [-0.25, -0.2) is 0 Å². The molecule has 2 aromatic heterocycles. The molecule has 1 saturated heterocycles. The van der Waals surface area contributed by atoms with Crippen LogP contribution in [0.2, 0.25) is 0 Å². The molecule has 0 N–H and O–H groups in total. The van der Waals surface area contributed by atoms with Crippen LogP contribution in [0.4, 0.5) is 5.00 Å². The van der Waals surface area contributed by atoms with Crippen molar-refractivity contribution in [1.29, 1.82) is 0 Å². The third-order valence-corrected chi connectivity index (χ3v) is 6.72. The number of carbonyl (C=O) groups excluding carboxylic acids is 2. The smallest absolute Gasteiger partial charge is 0.249 e. The van der Waals surface area contributed by atoms with E-state index in [2.05, 4.69) is 11.1 Å². The van der Waals surface area contributed by atoms with Gasteiger partial charge in [0, 0.05) is 23.5 Å².